The molecule has 0 heterocycles. The Kier molecular flexibility index (Phi) is 7.97. The second kappa shape index (κ2) is 10.9. The summed E-state index contributed by atoms with van der Waals surface area (Å²) in [5.41, 5.74) is 0.220. The summed E-state index contributed by atoms with van der Waals surface area (Å²) in [6.07, 6.45) is 0. The molecule has 0 amide bonds. The molecule has 0 spiro atoms. The van der Waals surface area contributed by atoms with Crippen LogP contribution in [0, 0.1) is 0 Å². The molecule has 0 aliphatic carbocycles. The van der Waals surface area contributed by atoms with Crippen LogP contribution in [0.25, 0.3) is 0 Å². The van der Waals surface area contributed by atoms with Crippen LogP contribution in [-0.2, 0) is 10.9 Å². The lowest BCUT2D eigenvalue weighted by Crippen LogP contribution is -2.21. The quantitative estimate of drug-likeness (QED) is 0.349. The largest absolute Gasteiger partial charge is 0.545 e. The predicted molar refractivity (Wildman–Crippen MR) is 122 cm³/mol. The topological polar surface area (TPSA) is 40.1 Å². The fourth-order valence-electron chi connectivity index (χ4n) is 2.68. The van der Waals surface area contributed by atoms with E-state index < -0.39 is 5.97 Å². The molecule has 0 unspecified atom stereocenters. The van der Waals surface area contributed by atoms with E-state index in [9.17, 15) is 9.90 Å². The second-order valence-electron chi connectivity index (χ2n) is 6.18. The summed E-state index contributed by atoms with van der Waals surface area (Å²) < 4.78 is 0. The van der Waals surface area contributed by atoms with E-state index in [1.54, 1.807) is 18.2 Å². The highest BCUT2D eigenvalue weighted by Crippen LogP contribution is 2.32. The molecule has 0 saturated heterocycles. The maximum Gasteiger partial charge on any atom is 0.166 e. The summed E-state index contributed by atoms with van der Waals surface area (Å²) in [6, 6.07) is 34.7. The minimum Gasteiger partial charge on any atom is -0.545 e. The number of benzene rings is 4. The van der Waals surface area contributed by atoms with Gasteiger partial charge in [0.2, 0.25) is 0 Å². The van der Waals surface area contributed by atoms with E-state index in [2.05, 4.69) is 48.5 Å². The van der Waals surface area contributed by atoms with Gasteiger partial charge < -0.3 is 9.90 Å². The van der Waals surface area contributed by atoms with Crippen LogP contribution in [0.2, 0.25) is 10.0 Å². The summed E-state index contributed by atoms with van der Waals surface area (Å²) in [4.78, 5) is 13.9. The van der Waals surface area contributed by atoms with Crippen LogP contribution in [0.1, 0.15) is 10.4 Å². The van der Waals surface area contributed by atoms with Crippen molar-refractivity contribution >= 4 is 40.1 Å². The molecule has 0 radical (unpaired) electrons. The van der Waals surface area contributed by atoms with Crippen LogP contribution in [0.3, 0.4) is 0 Å². The molecule has 4 aromatic rings. The summed E-state index contributed by atoms with van der Waals surface area (Å²) >= 11 is 12.0. The van der Waals surface area contributed by atoms with Crippen molar-refractivity contribution in [1.82, 2.24) is 0 Å². The number of carbonyl (C=O) groups excluding carboxylic acids is 1. The molecule has 30 heavy (non-hydrogen) atoms. The van der Waals surface area contributed by atoms with Gasteiger partial charge in [-0.15, -0.1) is 0 Å². The normalized spacial score (nSPS) is 10.2. The Hall–Kier alpha value is -2.72. The molecule has 0 bridgehead atoms. The molecule has 0 aliphatic heterocycles. The first-order chi connectivity index (χ1) is 14.5. The molecule has 0 atom stereocenters. The Morgan fingerprint density at radius 2 is 0.933 bits per heavy atom. The molecule has 0 saturated carbocycles. The minimum absolute atomic E-state index is 0.148. The van der Waals surface area contributed by atoms with E-state index in [0.717, 1.165) is 10.0 Å². The molecule has 0 fully saturated rings. The van der Waals surface area contributed by atoms with Crippen LogP contribution in [0.4, 0.5) is 0 Å². The number of rotatable bonds is 4. The summed E-state index contributed by atoms with van der Waals surface area (Å²) in [5.74, 6) is -1.13. The maximum atomic E-state index is 10.1. The van der Waals surface area contributed by atoms with Crippen molar-refractivity contribution in [2.45, 2.75) is 14.7 Å². The van der Waals surface area contributed by atoms with Gasteiger partial charge in [-0.2, -0.15) is 0 Å². The minimum atomic E-state index is -1.13. The van der Waals surface area contributed by atoms with Gasteiger partial charge in [0.25, 0.3) is 0 Å². The van der Waals surface area contributed by atoms with Gasteiger partial charge in [-0.1, -0.05) is 71.7 Å². The van der Waals surface area contributed by atoms with Gasteiger partial charge in [-0.3, -0.25) is 0 Å². The van der Waals surface area contributed by atoms with Gasteiger partial charge >= 0.3 is 0 Å². The summed E-state index contributed by atoms with van der Waals surface area (Å²) in [6.45, 7) is 0. The molecular weight excluding hydrogens is 435 g/mol. The third-order valence-corrected chi connectivity index (χ3v) is 6.82. The van der Waals surface area contributed by atoms with Gasteiger partial charge in [0.1, 0.15) is 0 Å². The lowest BCUT2D eigenvalue weighted by molar-refractivity contribution is -0.255. The molecule has 0 aromatic heterocycles. The summed E-state index contributed by atoms with van der Waals surface area (Å²) in [5, 5.41) is 11.6. The van der Waals surface area contributed by atoms with Gasteiger partial charge in [-0.25, -0.2) is 0 Å². The number of hydrogen-bond donors (Lipinski definition) is 0. The highest BCUT2D eigenvalue weighted by molar-refractivity contribution is 7.97. The van der Waals surface area contributed by atoms with Crippen molar-refractivity contribution in [2.75, 3.05) is 0 Å². The molecule has 2 nitrogen and oxygen atoms in total. The predicted octanol–water partition coefficient (Wildman–Crippen LogP) is 6.14. The molecule has 0 aliphatic rings. The van der Waals surface area contributed by atoms with Crippen LogP contribution in [-0.4, -0.2) is 5.97 Å². The molecule has 4 aromatic carbocycles. The molecule has 150 valence electrons. The number of halogens is 2. The Morgan fingerprint density at radius 3 is 1.30 bits per heavy atom. The second-order valence-corrected chi connectivity index (χ2v) is 9.08. The van der Waals surface area contributed by atoms with Crippen molar-refractivity contribution in [3.05, 3.63) is 125 Å². The van der Waals surface area contributed by atoms with E-state index in [4.69, 9.17) is 23.2 Å². The monoisotopic (exact) mass is 452 g/mol. The zero-order valence-corrected chi connectivity index (χ0v) is 18.2. The summed E-state index contributed by atoms with van der Waals surface area (Å²) in [7, 11) is -0.148. The Morgan fingerprint density at radius 1 is 0.567 bits per heavy atom. The molecule has 4 rings (SSSR count). The van der Waals surface area contributed by atoms with Crippen LogP contribution < -0.4 is 5.11 Å². The Labute approximate surface area is 189 Å². The smallest absolute Gasteiger partial charge is 0.166 e. The Bertz CT molecular complexity index is 1020. The first-order valence-corrected chi connectivity index (χ1v) is 11.1. The zero-order chi connectivity index (χ0) is 21.3. The average Bonchev–Trinajstić information content (AvgIpc) is 2.78. The lowest BCUT2D eigenvalue weighted by atomic mass is 10.2. The van der Waals surface area contributed by atoms with E-state index in [1.165, 1.54) is 26.8 Å². The highest BCUT2D eigenvalue weighted by Gasteiger charge is 2.28. The number of carbonyl (C=O) groups is 1. The van der Waals surface area contributed by atoms with Gasteiger partial charge in [0, 0.05) is 10.0 Å². The van der Waals surface area contributed by atoms with Gasteiger partial charge in [0.15, 0.2) is 14.7 Å². The third kappa shape index (κ3) is 6.14. The first-order valence-electron chi connectivity index (χ1n) is 9.11. The van der Waals surface area contributed by atoms with Crippen molar-refractivity contribution in [1.29, 1.82) is 0 Å². The van der Waals surface area contributed by atoms with Crippen molar-refractivity contribution in [3.8, 4) is 0 Å². The van der Waals surface area contributed by atoms with E-state index >= 15 is 0 Å². The number of carboxylic acids is 1. The highest BCUT2D eigenvalue weighted by atomic mass is 35.5. The van der Waals surface area contributed by atoms with Crippen LogP contribution in [0.15, 0.2) is 124 Å². The standard InChI is InChI=1S/C18H13Cl2S.C7H6O2/c19-14-6-10-17(11-7-14)21(16-4-2-1-3-5-16)18-12-8-15(20)9-13-18;8-7(9)6-4-2-1-3-5-6/h1-13H;1-5H,(H,8,9)/q+1;/p-1. The average molecular weight is 453 g/mol. The fraction of sp³-hybridized carbons (Fsp3) is 0. The fourth-order valence-corrected chi connectivity index (χ4v) is 4.99. The van der Waals surface area contributed by atoms with E-state index in [-0.39, 0.29) is 16.5 Å². The number of aromatic carboxylic acids is 1. The SMILES string of the molecule is Clc1ccc([S+](c2ccccc2)c2ccc(Cl)cc2)cc1.O=C([O-])c1ccccc1. The van der Waals surface area contributed by atoms with Crippen LogP contribution in [0.5, 0.6) is 0 Å². The maximum absolute atomic E-state index is 10.1. The molecule has 0 N–H and O–H groups in total. The lowest BCUT2D eigenvalue weighted by Gasteiger charge is -2.08. The van der Waals surface area contributed by atoms with Crippen molar-refractivity contribution < 1.29 is 9.90 Å². The van der Waals surface area contributed by atoms with Gasteiger partial charge in [0.05, 0.1) is 16.9 Å². The van der Waals surface area contributed by atoms with Gasteiger partial charge in [-0.05, 0) is 66.2 Å². The zero-order valence-electron chi connectivity index (χ0n) is 15.9. The molecular formula is C25H18Cl2O2S. The van der Waals surface area contributed by atoms with E-state index in [0.29, 0.717) is 0 Å². The van der Waals surface area contributed by atoms with Crippen molar-refractivity contribution in [2.24, 2.45) is 0 Å². The number of carboxylic acid groups (broad SMARTS) is 1. The Balaban J connectivity index is 0.000000239. The van der Waals surface area contributed by atoms with Crippen molar-refractivity contribution in [3.63, 3.8) is 0 Å². The first kappa shape index (κ1) is 22.0. The third-order valence-electron chi connectivity index (χ3n) is 4.09. The molecule has 5 heteroatoms. The van der Waals surface area contributed by atoms with Crippen LogP contribution >= 0.6 is 23.2 Å². The van der Waals surface area contributed by atoms with E-state index in [1.807, 2.05) is 30.3 Å². The number of hydrogen-bond acceptors (Lipinski definition) is 2.